The molecule has 2 aromatic carbocycles. The highest BCUT2D eigenvalue weighted by molar-refractivity contribution is 7.91. The molecule has 0 heterocycles. The summed E-state index contributed by atoms with van der Waals surface area (Å²) in [6.45, 7) is 3.98. The number of sulfone groups is 1. The number of aryl methyl sites for hydroxylation is 2. The first-order valence-corrected chi connectivity index (χ1v) is 9.37. The van der Waals surface area contributed by atoms with Gasteiger partial charge in [0.15, 0.2) is 0 Å². The predicted octanol–water partition coefficient (Wildman–Crippen LogP) is 3.71. The summed E-state index contributed by atoms with van der Waals surface area (Å²) in [6.07, 6.45) is -0.0595. The van der Waals surface area contributed by atoms with Crippen LogP contribution in [0.25, 0.3) is 0 Å². The zero-order chi connectivity index (χ0) is 19.3. The fourth-order valence-corrected chi connectivity index (χ4v) is 3.08. The zero-order valence-electron chi connectivity index (χ0n) is 14.3. The van der Waals surface area contributed by atoms with Gasteiger partial charge >= 0.3 is 5.76 Å². The Labute approximate surface area is 150 Å². The number of para-hydroxylation sites is 1. The molecule has 140 valence electrons. The van der Waals surface area contributed by atoms with E-state index in [1.165, 1.54) is 18.2 Å². The first-order valence-electron chi connectivity index (χ1n) is 7.83. The molecule has 2 aromatic rings. The zero-order valence-corrected chi connectivity index (χ0v) is 15.1. The van der Waals surface area contributed by atoms with Crippen LogP contribution >= 0.6 is 0 Å². The fraction of sp³-hybridized carbons (Fsp3) is 0.278. The van der Waals surface area contributed by atoms with Gasteiger partial charge in [-0.15, -0.1) is 0 Å². The lowest BCUT2D eigenvalue weighted by Gasteiger charge is -2.12. The van der Waals surface area contributed by atoms with Crippen LogP contribution in [0.4, 0.5) is 14.5 Å². The van der Waals surface area contributed by atoms with Crippen molar-refractivity contribution in [1.82, 2.24) is 0 Å². The molecule has 0 saturated heterocycles. The molecule has 5 nitrogen and oxygen atoms in total. The van der Waals surface area contributed by atoms with Gasteiger partial charge in [-0.05, 0) is 49.2 Å². The highest BCUT2D eigenvalue weighted by Crippen LogP contribution is 2.26. The van der Waals surface area contributed by atoms with Gasteiger partial charge in [0.25, 0.3) is 0 Å². The Morgan fingerprint density at radius 2 is 1.81 bits per heavy atom. The van der Waals surface area contributed by atoms with E-state index in [0.717, 1.165) is 17.2 Å². The second-order valence-corrected chi connectivity index (χ2v) is 7.58. The summed E-state index contributed by atoms with van der Waals surface area (Å²) < 4.78 is 54.3. The van der Waals surface area contributed by atoms with E-state index in [1.54, 1.807) is 6.07 Å². The van der Waals surface area contributed by atoms with E-state index in [-0.39, 0.29) is 18.7 Å². The summed E-state index contributed by atoms with van der Waals surface area (Å²) in [4.78, 5) is 11.4. The van der Waals surface area contributed by atoms with Crippen molar-refractivity contribution in [3.8, 4) is 5.75 Å². The second kappa shape index (κ2) is 8.27. The topological polar surface area (TPSA) is 72.5 Å². The van der Waals surface area contributed by atoms with Crippen LogP contribution in [0.2, 0.25) is 0 Å². The third kappa shape index (κ3) is 4.78. The van der Waals surface area contributed by atoms with Gasteiger partial charge in [-0.25, -0.2) is 8.42 Å². The molecule has 0 spiro atoms. The molecule has 0 saturated carbocycles. The number of benzene rings is 2. The number of carbonyl (C=O) groups excluding carboxylic acids is 1. The van der Waals surface area contributed by atoms with Crippen molar-refractivity contribution in [1.29, 1.82) is 0 Å². The van der Waals surface area contributed by atoms with Crippen molar-refractivity contribution < 1.29 is 26.7 Å². The third-order valence-corrected chi connectivity index (χ3v) is 5.22. The highest BCUT2D eigenvalue weighted by Gasteiger charge is 2.29. The van der Waals surface area contributed by atoms with Crippen LogP contribution in [-0.4, -0.2) is 26.7 Å². The number of hydrogen-bond donors (Lipinski definition) is 1. The maximum atomic E-state index is 12.7. The molecule has 1 amide bonds. The molecule has 0 aliphatic carbocycles. The number of amides is 1. The Morgan fingerprint density at radius 3 is 2.46 bits per heavy atom. The third-order valence-electron chi connectivity index (χ3n) is 3.78. The van der Waals surface area contributed by atoms with E-state index in [0.29, 0.717) is 5.75 Å². The van der Waals surface area contributed by atoms with Gasteiger partial charge in [0, 0.05) is 0 Å². The van der Waals surface area contributed by atoms with E-state index in [2.05, 4.69) is 5.32 Å². The van der Waals surface area contributed by atoms with Gasteiger partial charge in [-0.2, -0.15) is 8.78 Å². The summed E-state index contributed by atoms with van der Waals surface area (Å²) in [7, 11) is -4.80. The van der Waals surface area contributed by atoms with Gasteiger partial charge in [0.2, 0.25) is 15.7 Å². The van der Waals surface area contributed by atoms with Crippen LogP contribution in [0.15, 0.2) is 47.4 Å². The van der Waals surface area contributed by atoms with Crippen LogP contribution in [-0.2, 0) is 14.6 Å². The maximum Gasteiger partial charge on any atom is 0.341 e. The largest absolute Gasteiger partial charge is 0.493 e. The van der Waals surface area contributed by atoms with Crippen LogP contribution in [0.3, 0.4) is 0 Å². The monoisotopic (exact) mass is 383 g/mol. The Balaban J connectivity index is 1.99. The molecule has 0 unspecified atom stereocenters. The molecule has 0 aliphatic heterocycles. The minimum atomic E-state index is -4.80. The number of rotatable bonds is 7. The SMILES string of the molecule is Cc1ccc(OCCC(=O)Nc2ccccc2S(=O)(=O)C(F)F)cc1C. The standard InChI is InChI=1S/C18H19F2NO4S/c1-12-7-8-14(11-13(12)2)25-10-9-17(22)21-15-5-3-4-6-16(15)26(23,24)18(19)20/h3-8,11,18H,9-10H2,1-2H3,(H,21,22). The quantitative estimate of drug-likeness (QED) is 0.791. The van der Waals surface area contributed by atoms with E-state index < -0.39 is 26.4 Å². The van der Waals surface area contributed by atoms with E-state index in [9.17, 15) is 22.0 Å². The van der Waals surface area contributed by atoms with Gasteiger partial charge < -0.3 is 10.1 Å². The molecule has 0 atom stereocenters. The van der Waals surface area contributed by atoms with Crippen LogP contribution in [0, 0.1) is 13.8 Å². The van der Waals surface area contributed by atoms with Gasteiger partial charge in [0.05, 0.1) is 23.6 Å². The van der Waals surface area contributed by atoms with E-state index in [1.807, 2.05) is 26.0 Å². The lowest BCUT2D eigenvalue weighted by molar-refractivity contribution is -0.116. The Kier molecular flexibility index (Phi) is 6.31. The van der Waals surface area contributed by atoms with Crippen molar-refractivity contribution in [3.05, 3.63) is 53.6 Å². The van der Waals surface area contributed by atoms with Crippen molar-refractivity contribution in [2.24, 2.45) is 0 Å². The van der Waals surface area contributed by atoms with Crippen LogP contribution in [0.1, 0.15) is 17.5 Å². The predicted molar refractivity (Wildman–Crippen MR) is 94.3 cm³/mol. The summed E-state index contributed by atoms with van der Waals surface area (Å²) in [5, 5.41) is 2.35. The maximum absolute atomic E-state index is 12.7. The van der Waals surface area contributed by atoms with Crippen LogP contribution in [0.5, 0.6) is 5.75 Å². The molecule has 0 radical (unpaired) electrons. The molecular weight excluding hydrogens is 364 g/mol. The minimum Gasteiger partial charge on any atom is -0.493 e. The molecule has 0 aliphatic rings. The second-order valence-electron chi connectivity index (χ2n) is 5.69. The fourth-order valence-electron chi connectivity index (χ4n) is 2.19. The minimum absolute atomic E-state index is 0.0595. The van der Waals surface area contributed by atoms with Crippen molar-refractivity contribution in [3.63, 3.8) is 0 Å². The average Bonchev–Trinajstić information content (AvgIpc) is 2.58. The van der Waals surface area contributed by atoms with Crippen LogP contribution < -0.4 is 10.1 Å². The number of nitrogens with one attached hydrogen (secondary N) is 1. The lowest BCUT2D eigenvalue weighted by atomic mass is 10.1. The van der Waals surface area contributed by atoms with Gasteiger partial charge in [-0.3, -0.25) is 4.79 Å². The van der Waals surface area contributed by atoms with Crippen molar-refractivity contribution >= 4 is 21.4 Å². The van der Waals surface area contributed by atoms with E-state index in [4.69, 9.17) is 4.74 Å². The molecule has 8 heteroatoms. The first-order chi connectivity index (χ1) is 12.2. The summed E-state index contributed by atoms with van der Waals surface area (Å²) in [5.41, 5.74) is 1.99. The normalized spacial score (nSPS) is 11.4. The molecule has 0 bridgehead atoms. The summed E-state index contributed by atoms with van der Waals surface area (Å²) >= 11 is 0. The summed E-state index contributed by atoms with van der Waals surface area (Å²) in [5.74, 6) is -3.49. The molecule has 26 heavy (non-hydrogen) atoms. The molecule has 1 N–H and O–H groups in total. The smallest absolute Gasteiger partial charge is 0.341 e. The number of anilines is 1. The van der Waals surface area contributed by atoms with Crippen molar-refractivity contribution in [2.75, 3.05) is 11.9 Å². The lowest BCUT2D eigenvalue weighted by Crippen LogP contribution is -2.19. The highest BCUT2D eigenvalue weighted by atomic mass is 32.2. The van der Waals surface area contributed by atoms with Gasteiger partial charge in [0.1, 0.15) is 5.75 Å². The average molecular weight is 383 g/mol. The molecule has 2 rings (SSSR count). The number of carbonyl (C=O) groups is 1. The van der Waals surface area contributed by atoms with Gasteiger partial charge in [-0.1, -0.05) is 18.2 Å². The molecule has 0 aromatic heterocycles. The molecule has 0 fully saturated rings. The first kappa shape index (κ1) is 19.8. The summed E-state index contributed by atoms with van der Waals surface area (Å²) in [6, 6.07) is 10.6. The number of hydrogen-bond acceptors (Lipinski definition) is 4. The Hall–Kier alpha value is -2.48. The Morgan fingerprint density at radius 1 is 1.12 bits per heavy atom. The number of ether oxygens (including phenoxy) is 1. The molecular formula is C18H19F2NO4S. The Bertz CT molecular complexity index is 898. The van der Waals surface area contributed by atoms with E-state index >= 15 is 0 Å². The number of halogens is 2. The van der Waals surface area contributed by atoms with Crippen molar-refractivity contribution in [2.45, 2.75) is 30.9 Å². The number of alkyl halides is 2.